The lowest BCUT2D eigenvalue weighted by molar-refractivity contribution is 1.26. The maximum absolute atomic E-state index is 11.9. The molecule has 1 aromatic heterocycles. The van der Waals surface area contributed by atoms with Gasteiger partial charge in [-0.3, -0.25) is 19.4 Å². The van der Waals surface area contributed by atoms with Gasteiger partial charge in [-0.1, -0.05) is 18.2 Å². The standard InChI is InChI=1S/C13H6N2O3/c16-11-8-7(5-3-1-2-4-6(5)14-11)9-10(8)13(18)15-12(9)17/h1-4H,(H,14,16)(H,15,17,18). The summed E-state index contributed by atoms with van der Waals surface area (Å²) in [6, 6.07) is 7.22. The minimum Gasteiger partial charge on any atom is -0.321 e. The molecular weight excluding hydrogens is 232 g/mol. The fourth-order valence-corrected chi connectivity index (χ4v) is 2.61. The van der Waals surface area contributed by atoms with Crippen LogP contribution in [0, 0.1) is 0 Å². The van der Waals surface area contributed by atoms with Crippen molar-refractivity contribution in [2.75, 3.05) is 0 Å². The molecule has 2 aromatic rings. The number of fused-ring (bicyclic) bond motifs is 6. The molecule has 1 aliphatic heterocycles. The zero-order valence-electron chi connectivity index (χ0n) is 9.03. The maximum Gasteiger partial charge on any atom is 0.259 e. The summed E-state index contributed by atoms with van der Waals surface area (Å²) in [6.45, 7) is 0. The van der Waals surface area contributed by atoms with Gasteiger partial charge in [0.05, 0.1) is 16.5 Å². The molecule has 0 saturated heterocycles. The Balaban J connectivity index is 2.48. The van der Waals surface area contributed by atoms with E-state index in [0.29, 0.717) is 21.9 Å². The zero-order valence-corrected chi connectivity index (χ0v) is 9.03. The maximum atomic E-state index is 11.9. The van der Waals surface area contributed by atoms with Crippen molar-refractivity contribution < 1.29 is 0 Å². The lowest BCUT2D eigenvalue weighted by atomic mass is 9.89. The van der Waals surface area contributed by atoms with E-state index in [4.69, 9.17) is 0 Å². The molecule has 1 aromatic carbocycles. The number of nitrogens with one attached hydrogen (secondary N) is 2. The molecule has 5 nitrogen and oxygen atoms in total. The molecular formula is C13H6N2O3. The van der Waals surface area contributed by atoms with Crippen LogP contribution < -0.4 is 16.7 Å². The second-order valence-electron chi connectivity index (χ2n) is 4.28. The summed E-state index contributed by atoms with van der Waals surface area (Å²) in [4.78, 5) is 40.1. The highest BCUT2D eigenvalue weighted by Crippen LogP contribution is 2.37. The molecule has 86 valence electrons. The van der Waals surface area contributed by atoms with Crippen LogP contribution in [0.1, 0.15) is 0 Å². The molecule has 5 heteroatoms. The normalized spacial score (nSPS) is 12.0. The van der Waals surface area contributed by atoms with Gasteiger partial charge in [0, 0.05) is 16.3 Å². The number of aromatic nitrogens is 2. The zero-order chi connectivity index (χ0) is 12.4. The first-order valence-corrected chi connectivity index (χ1v) is 5.44. The number of H-pyrrole nitrogens is 2. The predicted octanol–water partition coefficient (Wildman–Crippen LogP) is 0.710. The molecule has 2 aliphatic rings. The van der Waals surface area contributed by atoms with Gasteiger partial charge >= 0.3 is 0 Å². The number of hydrogen-bond acceptors (Lipinski definition) is 3. The second kappa shape index (κ2) is 2.76. The number of pyridine rings is 1. The first-order valence-electron chi connectivity index (χ1n) is 5.44. The first kappa shape index (κ1) is 9.35. The topological polar surface area (TPSA) is 82.8 Å². The number of benzene rings is 1. The van der Waals surface area contributed by atoms with E-state index in [1.165, 1.54) is 0 Å². The van der Waals surface area contributed by atoms with Crippen LogP contribution in [0.15, 0.2) is 38.6 Å². The summed E-state index contributed by atoms with van der Waals surface area (Å²) in [5.74, 6) is 0. The Morgan fingerprint density at radius 3 is 2.17 bits per heavy atom. The molecule has 2 N–H and O–H groups in total. The molecule has 0 fully saturated rings. The van der Waals surface area contributed by atoms with E-state index < -0.39 is 11.1 Å². The number of rotatable bonds is 0. The first-order chi connectivity index (χ1) is 8.68. The van der Waals surface area contributed by atoms with E-state index in [1.54, 1.807) is 12.1 Å². The van der Waals surface area contributed by atoms with Crippen molar-refractivity contribution in [2.24, 2.45) is 0 Å². The van der Waals surface area contributed by atoms with E-state index in [-0.39, 0.29) is 11.1 Å². The molecule has 0 atom stereocenters. The van der Waals surface area contributed by atoms with Crippen molar-refractivity contribution in [3.8, 4) is 11.1 Å². The van der Waals surface area contributed by atoms with Crippen LogP contribution in [-0.4, -0.2) is 9.97 Å². The van der Waals surface area contributed by atoms with Crippen molar-refractivity contribution in [1.82, 2.24) is 9.97 Å². The van der Waals surface area contributed by atoms with E-state index in [0.717, 1.165) is 5.39 Å². The summed E-state index contributed by atoms with van der Waals surface area (Å²) < 4.78 is 0. The van der Waals surface area contributed by atoms with Gasteiger partial charge in [-0.15, -0.1) is 0 Å². The Bertz CT molecular complexity index is 1030. The fraction of sp³-hybridized carbons (Fsp3) is 0. The van der Waals surface area contributed by atoms with Gasteiger partial charge in [0.1, 0.15) is 0 Å². The summed E-state index contributed by atoms with van der Waals surface area (Å²) in [5, 5.41) is 1.70. The Morgan fingerprint density at radius 1 is 0.722 bits per heavy atom. The molecule has 0 bridgehead atoms. The van der Waals surface area contributed by atoms with Crippen molar-refractivity contribution in [3.63, 3.8) is 0 Å². The highest BCUT2D eigenvalue weighted by molar-refractivity contribution is 6.23. The largest absolute Gasteiger partial charge is 0.321 e. The van der Waals surface area contributed by atoms with Crippen LogP contribution in [0.3, 0.4) is 0 Å². The molecule has 18 heavy (non-hydrogen) atoms. The third kappa shape index (κ3) is 0.864. The minimum absolute atomic E-state index is 0.224. The SMILES string of the molecule is O=c1[nH]c(=O)c2c3c(c1-2)c(=O)[nH]c1ccccc13. The van der Waals surface area contributed by atoms with Gasteiger partial charge in [0.2, 0.25) is 0 Å². The number of aromatic amines is 2. The quantitative estimate of drug-likeness (QED) is 0.473. The smallest absolute Gasteiger partial charge is 0.259 e. The van der Waals surface area contributed by atoms with Crippen LogP contribution in [0.2, 0.25) is 0 Å². The fourth-order valence-electron chi connectivity index (χ4n) is 2.61. The highest BCUT2D eigenvalue weighted by Gasteiger charge is 2.29. The minimum atomic E-state index is -0.483. The third-order valence-electron chi connectivity index (χ3n) is 3.35. The van der Waals surface area contributed by atoms with Gasteiger partial charge in [-0.05, 0) is 6.07 Å². The predicted molar refractivity (Wildman–Crippen MR) is 68.0 cm³/mol. The third-order valence-corrected chi connectivity index (χ3v) is 3.35. The monoisotopic (exact) mass is 238 g/mol. The molecule has 0 unspecified atom stereocenters. The van der Waals surface area contributed by atoms with Crippen LogP contribution in [-0.2, 0) is 0 Å². The van der Waals surface area contributed by atoms with E-state index in [1.807, 2.05) is 12.1 Å². The van der Waals surface area contributed by atoms with Crippen LogP contribution in [0.4, 0.5) is 0 Å². The Hall–Kier alpha value is -2.69. The van der Waals surface area contributed by atoms with Gasteiger partial charge in [0.25, 0.3) is 16.7 Å². The van der Waals surface area contributed by atoms with E-state index in [9.17, 15) is 14.4 Å². The van der Waals surface area contributed by atoms with E-state index >= 15 is 0 Å². The Labute approximate surface area is 98.7 Å². The molecule has 0 spiro atoms. The molecule has 4 rings (SSSR count). The van der Waals surface area contributed by atoms with Crippen LogP contribution in [0.5, 0.6) is 0 Å². The van der Waals surface area contributed by atoms with Gasteiger partial charge in [0.15, 0.2) is 0 Å². The molecule has 0 radical (unpaired) electrons. The lowest BCUT2D eigenvalue weighted by Crippen LogP contribution is -2.16. The van der Waals surface area contributed by atoms with Gasteiger partial charge < -0.3 is 4.98 Å². The average Bonchev–Trinajstić information content (AvgIpc) is 2.51. The number of para-hydroxylation sites is 1. The van der Waals surface area contributed by atoms with Gasteiger partial charge in [-0.2, -0.15) is 0 Å². The van der Waals surface area contributed by atoms with Crippen molar-refractivity contribution >= 4 is 21.7 Å². The summed E-state index contributed by atoms with van der Waals surface area (Å²) in [7, 11) is 0. The molecule has 0 saturated carbocycles. The van der Waals surface area contributed by atoms with Crippen molar-refractivity contribution in [3.05, 3.63) is 55.3 Å². The summed E-state index contributed by atoms with van der Waals surface area (Å²) in [6.07, 6.45) is 0. The second-order valence-corrected chi connectivity index (χ2v) is 4.28. The van der Waals surface area contributed by atoms with Crippen LogP contribution in [0.25, 0.3) is 32.8 Å². The Morgan fingerprint density at radius 2 is 1.39 bits per heavy atom. The average molecular weight is 238 g/mol. The van der Waals surface area contributed by atoms with Crippen molar-refractivity contribution in [1.29, 1.82) is 0 Å². The van der Waals surface area contributed by atoms with Crippen molar-refractivity contribution in [2.45, 2.75) is 0 Å². The summed E-state index contributed by atoms with van der Waals surface area (Å²) in [5.41, 5.74) is 0.00749. The lowest BCUT2D eigenvalue weighted by Gasteiger charge is -2.12. The number of hydrogen-bond donors (Lipinski definition) is 2. The van der Waals surface area contributed by atoms with Crippen LogP contribution >= 0.6 is 0 Å². The summed E-state index contributed by atoms with van der Waals surface area (Å²) >= 11 is 0. The molecule has 1 aliphatic carbocycles. The Kier molecular flexibility index (Phi) is 1.43. The highest BCUT2D eigenvalue weighted by atomic mass is 16.2. The molecule has 0 amide bonds. The van der Waals surface area contributed by atoms with Gasteiger partial charge in [-0.25, -0.2) is 0 Å². The van der Waals surface area contributed by atoms with E-state index in [2.05, 4.69) is 9.97 Å². The molecule has 2 heterocycles.